The Hall–Kier alpha value is -2.71. The zero-order chi connectivity index (χ0) is 20.2. The first-order valence-electron chi connectivity index (χ1n) is 8.75. The molecule has 0 aliphatic carbocycles. The van der Waals surface area contributed by atoms with Gasteiger partial charge < -0.3 is 19.5 Å². The minimum atomic E-state index is -0.462. The summed E-state index contributed by atoms with van der Waals surface area (Å²) in [7, 11) is 0. The van der Waals surface area contributed by atoms with E-state index in [1.54, 1.807) is 18.2 Å². The lowest BCUT2D eigenvalue weighted by Crippen LogP contribution is -2.21. The molecular formula is C21H16BrNO5S. The summed E-state index contributed by atoms with van der Waals surface area (Å²) in [5.41, 5.74) is 0.546. The number of ether oxygens (including phenoxy) is 3. The number of thioether (sulfide) groups is 1. The number of fused-ring (bicyclic) bond motifs is 2. The van der Waals surface area contributed by atoms with Gasteiger partial charge in [0.15, 0.2) is 18.1 Å². The molecule has 3 aromatic rings. The molecule has 1 aliphatic rings. The number of benzene rings is 3. The molecule has 1 amide bonds. The summed E-state index contributed by atoms with van der Waals surface area (Å²) in [6, 6.07) is 17.0. The average Bonchev–Trinajstić information content (AvgIpc) is 3.20. The summed E-state index contributed by atoms with van der Waals surface area (Å²) in [5, 5.41) is 4.86. The highest BCUT2D eigenvalue weighted by atomic mass is 79.9. The highest BCUT2D eigenvalue weighted by Gasteiger charge is 2.15. The second kappa shape index (κ2) is 8.75. The average molecular weight is 474 g/mol. The van der Waals surface area contributed by atoms with Crippen LogP contribution in [0.1, 0.15) is 0 Å². The third-order valence-electron chi connectivity index (χ3n) is 4.19. The third kappa shape index (κ3) is 4.65. The van der Waals surface area contributed by atoms with Crippen molar-refractivity contribution < 1.29 is 23.8 Å². The number of carbonyl (C=O) groups is 2. The molecule has 1 heterocycles. The lowest BCUT2D eigenvalue weighted by molar-refractivity contribution is -0.144. The van der Waals surface area contributed by atoms with Crippen molar-refractivity contribution in [2.45, 2.75) is 4.90 Å². The largest absolute Gasteiger partial charge is 0.455 e. The lowest BCUT2D eigenvalue weighted by Gasteiger charge is -2.09. The second-order valence-electron chi connectivity index (χ2n) is 6.16. The molecule has 8 heteroatoms. The molecular weight excluding hydrogens is 458 g/mol. The molecule has 0 radical (unpaired) electrons. The van der Waals surface area contributed by atoms with Gasteiger partial charge in [-0.2, -0.15) is 0 Å². The first-order chi connectivity index (χ1) is 14.1. The molecule has 0 unspecified atom stereocenters. The van der Waals surface area contributed by atoms with E-state index < -0.39 is 11.9 Å². The molecule has 0 spiro atoms. The van der Waals surface area contributed by atoms with E-state index >= 15 is 0 Å². The zero-order valence-corrected chi connectivity index (χ0v) is 17.5. The Kier molecular flexibility index (Phi) is 5.92. The number of halogens is 1. The van der Waals surface area contributed by atoms with Crippen molar-refractivity contribution in [3.05, 3.63) is 59.1 Å². The van der Waals surface area contributed by atoms with E-state index in [0.717, 1.165) is 20.1 Å². The topological polar surface area (TPSA) is 73.9 Å². The molecule has 148 valence electrons. The number of hydrogen-bond acceptors (Lipinski definition) is 6. The molecule has 4 rings (SSSR count). The Balaban J connectivity index is 1.27. The molecule has 6 nitrogen and oxygen atoms in total. The summed E-state index contributed by atoms with van der Waals surface area (Å²) in [4.78, 5) is 25.0. The third-order valence-corrected chi connectivity index (χ3v) is 6.34. The van der Waals surface area contributed by atoms with Gasteiger partial charge >= 0.3 is 5.97 Å². The molecule has 29 heavy (non-hydrogen) atoms. The molecule has 1 N–H and O–H groups in total. The molecule has 0 aromatic heterocycles. The Morgan fingerprint density at radius 2 is 1.90 bits per heavy atom. The normalized spacial score (nSPS) is 12.0. The van der Waals surface area contributed by atoms with Crippen LogP contribution in [-0.4, -0.2) is 31.0 Å². The van der Waals surface area contributed by atoms with Crippen molar-refractivity contribution >= 4 is 56.0 Å². The smallest absolute Gasteiger partial charge is 0.316 e. The van der Waals surface area contributed by atoms with Crippen molar-refractivity contribution in [1.29, 1.82) is 0 Å². The Morgan fingerprint density at radius 1 is 1.07 bits per heavy atom. The van der Waals surface area contributed by atoms with Gasteiger partial charge in [-0.15, -0.1) is 11.8 Å². The maximum absolute atomic E-state index is 12.0. The van der Waals surface area contributed by atoms with Crippen molar-refractivity contribution in [2.24, 2.45) is 0 Å². The molecule has 0 fully saturated rings. The summed E-state index contributed by atoms with van der Waals surface area (Å²) < 4.78 is 16.5. The van der Waals surface area contributed by atoms with E-state index in [4.69, 9.17) is 14.2 Å². The Morgan fingerprint density at radius 3 is 2.79 bits per heavy atom. The van der Waals surface area contributed by atoms with E-state index in [0.29, 0.717) is 17.2 Å². The maximum atomic E-state index is 12.0. The number of hydrogen-bond donors (Lipinski definition) is 1. The molecule has 1 aliphatic heterocycles. The van der Waals surface area contributed by atoms with Gasteiger partial charge in [-0.3, -0.25) is 9.59 Å². The van der Waals surface area contributed by atoms with Crippen molar-refractivity contribution in [3.63, 3.8) is 0 Å². The summed E-state index contributed by atoms with van der Waals surface area (Å²) >= 11 is 4.95. The molecule has 3 aromatic carbocycles. The van der Waals surface area contributed by atoms with E-state index in [1.165, 1.54) is 11.8 Å². The van der Waals surface area contributed by atoms with Gasteiger partial charge in [0.2, 0.25) is 6.79 Å². The standard InChI is InChI=1S/C21H16BrNO5S/c22-21-15-4-2-1-3-13(15)5-8-18(21)29-11-20(25)26-10-19(24)23-14-6-7-16-17(9-14)28-12-27-16/h1-9H,10-12H2,(H,23,24). The number of rotatable bonds is 6. The van der Waals surface area contributed by atoms with Gasteiger partial charge in [-0.25, -0.2) is 0 Å². The lowest BCUT2D eigenvalue weighted by atomic mass is 10.1. The SMILES string of the molecule is O=C(COC(=O)CSc1ccc2ccccc2c1Br)Nc1ccc2c(c1)OCO2. The highest BCUT2D eigenvalue weighted by Crippen LogP contribution is 2.35. The van der Waals surface area contributed by atoms with Crippen LogP contribution in [0.25, 0.3) is 10.8 Å². The van der Waals surface area contributed by atoms with Crippen molar-refractivity contribution in [2.75, 3.05) is 24.5 Å². The molecule has 0 saturated carbocycles. The fourth-order valence-electron chi connectivity index (χ4n) is 2.82. The molecule has 0 saturated heterocycles. The first-order valence-corrected chi connectivity index (χ1v) is 10.5. The molecule has 0 atom stereocenters. The van der Waals surface area contributed by atoms with Gasteiger partial charge in [0.05, 0.1) is 5.75 Å². The zero-order valence-electron chi connectivity index (χ0n) is 15.1. The van der Waals surface area contributed by atoms with E-state index in [2.05, 4.69) is 21.2 Å². The first kappa shape index (κ1) is 19.6. The van der Waals surface area contributed by atoms with E-state index in [1.807, 2.05) is 36.4 Å². The number of amides is 1. The highest BCUT2D eigenvalue weighted by molar-refractivity contribution is 9.10. The fourth-order valence-corrected chi connectivity index (χ4v) is 4.42. The number of nitrogens with one attached hydrogen (secondary N) is 1. The minimum absolute atomic E-state index is 0.105. The summed E-state index contributed by atoms with van der Waals surface area (Å²) in [6.07, 6.45) is 0. The van der Waals surface area contributed by atoms with Crippen molar-refractivity contribution in [3.8, 4) is 11.5 Å². The fraction of sp³-hybridized carbons (Fsp3) is 0.143. The van der Waals surface area contributed by atoms with Gasteiger partial charge in [-0.05, 0) is 44.9 Å². The van der Waals surface area contributed by atoms with Crippen LogP contribution < -0.4 is 14.8 Å². The van der Waals surface area contributed by atoms with Crippen LogP contribution in [0.3, 0.4) is 0 Å². The second-order valence-corrected chi connectivity index (χ2v) is 7.97. The van der Waals surface area contributed by atoms with Crippen LogP contribution in [0.5, 0.6) is 11.5 Å². The predicted molar refractivity (Wildman–Crippen MR) is 115 cm³/mol. The van der Waals surface area contributed by atoms with Crippen molar-refractivity contribution in [1.82, 2.24) is 0 Å². The van der Waals surface area contributed by atoms with Crippen LogP contribution >= 0.6 is 27.7 Å². The summed E-state index contributed by atoms with van der Waals surface area (Å²) in [6.45, 7) is -0.192. The number of anilines is 1. The maximum Gasteiger partial charge on any atom is 0.316 e. The van der Waals surface area contributed by atoms with Crippen LogP contribution in [0.2, 0.25) is 0 Å². The Bertz CT molecular complexity index is 1090. The van der Waals surface area contributed by atoms with Gasteiger partial charge in [0, 0.05) is 21.1 Å². The number of carbonyl (C=O) groups excluding carboxylic acids is 2. The van der Waals surface area contributed by atoms with E-state index in [-0.39, 0.29) is 19.2 Å². The van der Waals surface area contributed by atoms with Crippen LogP contribution in [0.15, 0.2) is 64.0 Å². The number of esters is 1. The minimum Gasteiger partial charge on any atom is -0.455 e. The van der Waals surface area contributed by atoms with E-state index in [9.17, 15) is 9.59 Å². The quantitative estimate of drug-likeness (QED) is 0.416. The van der Waals surface area contributed by atoms with Gasteiger partial charge in [-0.1, -0.05) is 30.3 Å². The van der Waals surface area contributed by atoms with Crippen LogP contribution in [0.4, 0.5) is 5.69 Å². The summed E-state index contributed by atoms with van der Waals surface area (Å²) in [5.74, 6) is 0.419. The predicted octanol–water partition coefficient (Wildman–Crippen LogP) is 4.61. The monoisotopic (exact) mass is 473 g/mol. The van der Waals surface area contributed by atoms with Gasteiger partial charge in [0.25, 0.3) is 5.91 Å². The van der Waals surface area contributed by atoms with Gasteiger partial charge in [0.1, 0.15) is 0 Å². The Labute approximate surface area is 179 Å². The van der Waals surface area contributed by atoms with Crippen LogP contribution in [0, 0.1) is 0 Å². The molecule has 0 bridgehead atoms. The van der Waals surface area contributed by atoms with Crippen LogP contribution in [-0.2, 0) is 14.3 Å².